The normalized spacial score (nSPS) is 14.9. The smallest absolute Gasteiger partial charge is 0.329 e. The van der Waals surface area contributed by atoms with Crippen molar-refractivity contribution in [2.24, 2.45) is 0 Å². The Morgan fingerprint density at radius 3 is 2.30 bits per heavy atom. The number of carbonyl (C=O) groups excluding carboxylic acids is 3. The molecule has 0 bridgehead atoms. The molecule has 5 nitrogen and oxygen atoms in total. The van der Waals surface area contributed by atoms with Gasteiger partial charge in [0.2, 0.25) is 0 Å². The van der Waals surface area contributed by atoms with E-state index in [1.54, 1.807) is 30.3 Å². The first-order valence-corrected chi connectivity index (χ1v) is 6.27. The van der Waals surface area contributed by atoms with Crippen LogP contribution >= 0.6 is 0 Å². The molecule has 104 valence electrons. The summed E-state index contributed by atoms with van der Waals surface area (Å²) in [5.41, 5.74) is 0.648. The van der Waals surface area contributed by atoms with E-state index in [-0.39, 0.29) is 0 Å². The average molecular weight is 273 g/mol. The third-order valence-electron chi connectivity index (χ3n) is 3.25. The van der Waals surface area contributed by atoms with Crippen molar-refractivity contribution in [3.8, 4) is 0 Å². The van der Waals surface area contributed by atoms with Gasteiger partial charge in [0.15, 0.2) is 0 Å². The number of nitrogens with zero attached hydrogens (tertiary/aromatic N) is 1. The lowest BCUT2D eigenvalue weighted by molar-refractivity contribution is -0.145. The van der Waals surface area contributed by atoms with Gasteiger partial charge in [0.25, 0.3) is 11.8 Å². The molecule has 1 atom stereocenters. The second-order valence-electron chi connectivity index (χ2n) is 4.43. The number of methoxy groups -OCH3 is 1. The number of hydrogen-bond donors (Lipinski definition) is 0. The maximum atomic E-state index is 12.3. The minimum absolute atomic E-state index is 0.307. The number of carbonyl (C=O) groups is 3. The Labute approximate surface area is 116 Å². The number of ether oxygens (including phenoxy) is 1. The lowest BCUT2D eigenvalue weighted by Crippen LogP contribution is -2.45. The van der Waals surface area contributed by atoms with Gasteiger partial charge < -0.3 is 4.74 Å². The van der Waals surface area contributed by atoms with Crippen LogP contribution in [0.15, 0.2) is 36.9 Å². The summed E-state index contributed by atoms with van der Waals surface area (Å²) >= 11 is 0. The summed E-state index contributed by atoms with van der Waals surface area (Å²) in [6, 6.07) is 5.62. The number of fused-ring (bicyclic) bond motifs is 1. The van der Waals surface area contributed by atoms with Crippen molar-refractivity contribution >= 4 is 17.8 Å². The second kappa shape index (κ2) is 5.69. The van der Waals surface area contributed by atoms with Crippen LogP contribution in [0.2, 0.25) is 0 Å². The largest absolute Gasteiger partial charge is 0.467 e. The first-order valence-electron chi connectivity index (χ1n) is 6.27. The highest BCUT2D eigenvalue weighted by Gasteiger charge is 2.42. The van der Waals surface area contributed by atoms with E-state index in [0.717, 1.165) is 4.90 Å². The summed E-state index contributed by atoms with van der Waals surface area (Å²) < 4.78 is 4.70. The summed E-state index contributed by atoms with van der Waals surface area (Å²) in [5, 5.41) is 0. The molecule has 2 rings (SSSR count). The van der Waals surface area contributed by atoms with E-state index in [4.69, 9.17) is 4.74 Å². The third kappa shape index (κ3) is 2.22. The Bertz CT molecular complexity index is 544. The molecule has 0 saturated carbocycles. The molecule has 1 unspecified atom stereocenters. The Kier molecular flexibility index (Phi) is 3.98. The van der Waals surface area contributed by atoms with E-state index in [2.05, 4.69) is 6.58 Å². The lowest BCUT2D eigenvalue weighted by atomic mass is 10.1. The molecule has 2 amide bonds. The molecule has 0 saturated heterocycles. The summed E-state index contributed by atoms with van der Waals surface area (Å²) in [6.45, 7) is 3.58. The molecule has 0 fully saturated rings. The zero-order valence-electron chi connectivity index (χ0n) is 11.2. The predicted molar refractivity (Wildman–Crippen MR) is 72.2 cm³/mol. The monoisotopic (exact) mass is 273 g/mol. The van der Waals surface area contributed by atoms with Crippen LogP contribution in [-0.4, -0.2) is 35.8 Å². The van der Waals surface area contributed by atoms with Crippen molar-refractivity contribution in [3.63, 3.8) is 0 Å². The van der Waals surface area contributed by atoms with Gasteiger partial charge in [-0.05, 0) is 25.0 Å². The number of esters is 1. The highest BCUT2D eigenvalue weighted by atomic mass is 16.5. The molecule has 1 heterocycles. The van der Waals surface area contributed by atoms with Crippen molar-refractivity contribution in [2.45, 2.75) is 18.9 Å². The number of allylic oxidation sites excluding steroid dienone is 1. The summed E-state index contributed by atoms with van der Waals surface area (Å²) in [5.74, 6) is -1.50. The third-order valence-corrected chi connectivity index (χ3v) is 3.25. The van der Waals surface area contributed by atoms with E-state index in [9.17, 15) is 14.4 Å². The number of imide groups is 1. The maximum Gasteiger partial charge on any atom is 0.329 e. The fraction of sp³-hybridized carbons (Fsp3) is 0.267. The van der Waals surface area contributed by atoms with Crippen LogP contribution in [0.1, 0.15) is 33.6 Å². The van der Waals surface area contributed by atoms with Crippen LogP contribution in [0, 0.1) is 0 Å². The van der Waals surface area contributed by atoms with Gasteiger partial charge in [-0.3, -0.25) is 14.5 Å². The van der Waals surface area contributed by atoms with Crippen molar-refractivity contribution in [1.82, 2.24) is 4.90 Å². The number of benzene rings is 1. The molecule has 0 N–H and O–H groups in total. The van der Waals surface area contributed by atoms with Crippen molar-refractivity contribution in [3.05, 3.63) is 48.0 Å². The van der Waals surface area contributed by atoms with Crippen molar-refractivity contribution < 1.29 is 19.1 Å². The van der Waals surface area contributed by atoms with E-state index in [1.165, 1.54) is 7.11 Å². The molecular formula is C15H15NO4. The highest BCUT2D eigenvalue weighted by molar-refractivity contribution is 6.22. The minimum atomic E-state index is -0.912. The molecule has 1 aromatic rings. The quantitative estimate of drug-likeness (QED) is 0.466. The molecule has 0 aliphatic carbocycles. The van der Waals surface area contributed by atoms with Crippen molar-refractivity contribution in [2.75, 3.05) is 7.11 Å². The topological polar surface area (TPSA) is 63.7 Å². The van der Waals surface area contributed by atoms with Crippen LogP contribution in [0.25, 0.3) is 0 Å². The van der Waals surface area contributed by atoms with Crippen molar-refractivity contribution in [1.29, 1.82) is 0 Å². The van der Waals surface area contributed by atoms with E-state index in [1.807, 2.05) is 0 Å². The molecule has 0 aromatic heterocycles. The minimum Gasteiger partial charge on any atom is -0.467 e. The standard InChI is InChI=1S/C15H15NO4/c1-3-4-9-12(15(19)20-2)16-13(17)10-7-5-6-8-11(10)14(16)18/h3,5-8,12H,1,4,9H2,2H3. The maximum absolute atomic E-state index is 12.3. The van der Waals surface area contributed by atoms with Gasteiger partial charge in [-0.15, -0.1) is 6.58 Å². The fourth-order valence-electron chi connectivity index (χ4n) is 2.26. The Morgan fingerprint density at radius 1 is 1.30 bits per heavy atom. The van der Waals surface area contributed by atoms with Crippen LogP contribution in [0.3, 0.4) is 0 Å². The van der Waals surface area contributed by atoms with E-state index in [0.29, 0.717) is 24.0 Å². The molecule has 1 aliphatic heterocycles. The molecule has 1 aromatic carbocycles. The first kappa shape index (κ1) is 14.0. The molecule has 0 radical (unpaired) electrons. The zero-order chi connectivity index (χ0) is 14.7. The Balaban J connectivity index is 2.36. The van der Waals surface area contributed by atoms with Gasteiger partial charge in [0.05, 0.1) is 18.2 Å². The van der Waals surface area contributed by atoms with E-state index >= 15 is 0 Å². The average Bonchev–Trinajstić information content (AvgIpc) is 2.73. The summed E-state index contributed by atoms with van der Waals surface area (Å²) in [6.07, 6.45) is 2.45. The highest BCUT2D eigenvalue weighted by Crippen LogP contribution is 2.26. The van der Waals surface area contributed by atoms with Gasteiger partial charge >= 0.3 is 5.97 Å². The molecule has 0 spiro atoms. The van der Waals surface area contributed by atoms with Crippen LogP contribution in [-0.2, 0) is 9.53 Å². The second-order valence-corrected chi connectivity index (χ2v) is 4.43. The SMILES string of the molecule is C=CCCC(C(=O)OC)N1C(=O)c2ccccc2C1=O. The number of hydrogen-bond acceptors (Lipinski definition) is 4. The predicted octanol–water partition coefficient (Wildman–Crippen LogP) is 1.79. The molecular weight excluding hydrogens is 258 g/mol. The van der Waals surface area contributed by atoms with Gasteiger partial charge in [0, 0.05) is 0 Å². The number of amides is 2. The zero-order valence-corrected chi connectivity index (χ0v) is 11.2. The molecule has 5 heteroatoms. The molecule has 1 aliphatic rings. The van der Waals surface area contributed by atoms with Crippen LogP contribution < -0.4 is 0 Å². The van der Waals surface area contributed by atoms with Crippen LogP contribution in [0.5, 0.6) is 0 Å². The van der Waals surface area contributed by atoms with Gasteiger partial charge in [0.1, 0.15) is 6.04 Å². The van der Waals surface area contributed by atoms with Gasteiger partial charge in [-0.1, -0.05) is 18.2 Å². The van der Waals surface area contributed by atoms with E-state index < -0.39 is 23.8 Å². The Morgan fingerprint density at radius 2 is 1.85 bits per heavy atom. The fourth-order valence-corrected chi connectivity index (χ4v) is 2.26. The molecule has 20 heavy (non-hydrogen) atoms. The lowest BCUT2D eigenvalue weighted by Gasteiger charge is -2.23. The first-order chi connectivity index (χ1) is 9.61. The van der Waals surface area contributed by atoms with Gasteiger partial charge in [-0.25, -0.2) is 4.79 Å². The van der Waals surface area contributed by atoms with Gasteiger partial charge in [-0.2, -0.15) is 0 Å². The van der Waals surface area contributed by atoms with Crippen LogP contribution in [0.4, 0.5) is 0 Å². The summed E-state index contributed by atoms with van der Waals surface area (Å²) in [4.78, 5) is 37.4. The number of rotatable bonds is 5. The Hall–Kier alpha value is -2.43. The summed E-state index contributed by atoms with van der Waals surface area (Å²) in [7, 11) is 1.24.